The lowest BCUT2D eigenvalue weighted by molar-refractivity contribution is -0.0918. The Morgan fingerprint density at radius 1 is 1.33 bits per heavy atom. The van der Waals surface area contributed by atoms with Gasteiger partial charge in [-0.05, 0) is 39.5 Å². The zero-order valence-corrected chi connectivity index (χ0v) is 10.4. The number of hydrogen-bond acceptors (Lipinski definition) is 3. The molecule has 0 saturated heterocycles. The number of ether oxygens (including phenoxy) is 1. The molecule has 0 rings (SSSR count). The van der Waals surface area contributed by atoms with Gasteiger partial charge in [0.2, 0.25) is 0 Å². The first-order chi connectivity index (χ1) is 6.80. The summed E-state index contributed by atoms with van der Waals surface area (Å²) in [5, 5.41) is 18.4. The van der Waals surface area contributed by atoms with Gasteiger partial charge in [-0.3, -0.25) is 0 Å². The molecule has 3 unspecified atom stereocenters. The number of nitriles is 1. The molecule has 0 fully saturated rings. The maximum absolute atomic E-state index is 9.32. The van der Waals surface area contributed by atoms with Crippen molar-refractivity contribution in [1.29, 1.82) is 5.26 Å². The largest absolute Gasteiger partial charge is 0.391 e. The minimum absolute atomic E-state index is 0.304. The predicted octanol–water partition coefficient (Wildman–Crippen LogP) is 2.49. The van der Waals surface area contributed by atoms with Gasteiger partial charge >= 0.3 is 0 Å². The van der Waals surface area contributed by atoms with Crippen molar-refractivity contribution >= 4 is 0 Å². The Kier molecular flexibility index (Phi) is 5.85. The molecule has 3 atom stereocenters. The summed E-state index contributed by atoms with van der Waals surface area (Å²) in [7, 11) is 0. The molecule has 0 aromatic rings. The van der Waals surface area contributed by atoms with Crippen LogP contribution in [0.2, 0.25) is 0 Å². The van der Waals surface area contributed by atoms with Gasteiger partial charge < -0.3 is 9.84 Å². The quantitative estimate of drug-likeness (QED) is 0.737. The van der Waals surface area contributed by atoms with Crippen LogP contribution in [0.4, 0.5) is 0 Å². The van der Waals surface area contributed by atoms with Crippen LogP contribution in [-0.2, 0) is 4.74 Å². The lowest BCUT2D eigenvalue weighted by Crippen LogP contribution is -2.36. The van der Waals surface area contributed by atoms with Gasteiger partial charge in [-0.15, -0.1) is 0 Å². The van der Waals surface area contributed by atoms with Crippen molar-refractivity contribution in [2.75, 3.05) is 0 Å². The van der Waals surface area contributed by atoms with Crippen LogP contribution >= 0.6 is 0 Å². The third-order valence-electron chi connectivity index (χ3n) is 2.56. The number of aliphatic hydroxyl groups is 1. The van der Waals surface area contributed by atoms with Crippen molar-refractivity contribution in [3.8, 4) is 6.07 Å². The predicted molar refractivity (Wildman–Crippen MR) is 60.3 cm³/mol. The fraction of sp³-hybridized carbons (Fsp3) is 0.917. The van der Waals surface area contributed by atoms with E-state index in [1.54, 1.807) is 20.8 Å². The van der Waals surface area contributed by atoms with Gasteiger partial charge in [-0.1, -0.05) is 13.8 Å². The molecule has 0 bridgehead atoms. The van der Waals surface area contributed by atoms with Crippen LogP contribution < -0.4 is 0 Å². The number of hydrogen-bond donors (Lipinski definition) is 1. The summed E-state index contributed by atoms with van der Waals surface area (Å²) in [4.78, 5) is 0. The highest BCUT2D eigenvalue weighted by Gasteiger charge is 2.28. The molecule has 3 nitrogen and oxygen atoms in total. The molecule has 0 aliphatic heterocycles. The highest BCUT2D eigenvalue weighted by Crippen LogP contribution is 2.22. The minimum atomic E-state index is -0.777. The van der Waals surface area contributed by atoms with Gasteiger partial charge in [0.1, 0.15) is 0 Å². The first-order valence-corrected chi connectivity index (χ1v) is 5.58. The number of aliphatic hydroxyl groups excluding tert-OH is 1. The van der Waals surface area contributed by atoms with Gasteiger partial charge in [0.15, 0.2) is 5.60 Å². The van der Waals surface area contributed by atoms with Gasteiger partial charge in [-0.2, -0.15) is 5.26 Å². The molecule has 0 saturated carbocycles. The Hall–Kier alpha value is -0.590. The summed E-state index contributed by atoms with van der Waals surface area (Å²) >= 11 is 0. The maximum atomic E-state index is 9.32. The summed E-state index contributed by atoms with van der Waals surface area (Å²) in [6, 6.07) is 2.19. The molecule has 88 valence electrons. The molecule has 0 spiro atoms. The highest BCUT2D eigenvalue weighted by atomic mass is 16.5. The lowest BCUT2D eigenvalue weighted by Gasteiger charge is -2.28. The fourth-order valence-corrected chi connectivity index (χ4v) is 1.21. The zero-order chi connectivity index (χ0) is 12.1. The zero-order valence-electron chi connectivity index (χ0n) is 10.4. The Morgan fingerprint density at radius 3 is 2.20 bits per heavy atom. The summed E-state index contributed by atoms with van der Waals surface area (Å²) in [5.74, 6) is 0.558. The highest BCUT2D eigenvalue weighted by molar-refractivity contribution is 4.99. The molecule has 0 aromatic heterocycles. The molecule has 0 aliphatic rings. The van der Waals surface area contributed by atoms with Gasteiger partial charge in [-0.25, -0.2) is 0 Å². The van der Waals surface area contributed by atoms with E-state index in [4.69, 9.17) is 10.00 Å². The van der Waals surface area contributed by atoms with Crippen LogP contribution in [0.15, 0.2) is 0 Å². The lowest BCUT2D eigenvalue weighted by atomic mass is 9.96. The summed E-state index contributed by atoms with van der Waals surface area (Å²) in [5.41, 5.74) is -0.777. The standard InChI is InChI=1S/C12H23NO2/c1-9(2)6-7-12(5,8-13)15-11(4)10(3)14/h9-11,14H,6-7H2,1-5H3. The molecule has 0 amide bonds. The molecular formula is C12H23NO2. The van der Waals surface area contributed by atoms with Crippen LogP contribution in [0.1, 0.15) is 47.5 Å². The van der Waals surface area contributed by atoms with Crippen LogP contribution in [0, 0.1) is 17.2 Å². The fourth-order valence-electron chi connectivity index (χ4n) is 1.21. The second kappa shape index (κ2) is 6.09. The third kappa shape index (κ3) is 5.76. The van der Waals surface area contributed by atoms with E-state index in [9.17, 15) is 5.11 Å². The van der Waals surface area contributed by atoms with Crippen molar-refractivity contribution in [1.82, 2.24) is 0 Å². The van der Waals surface area contributed by atoms with Crippen molar-refractivity contribution in [3.05, 3.63) is 0 Å². The molecule has 0 heterocycles. The molecule has 0 radical (unpaired) electrons. The Bertz CT molecular complexity index is 220. The van der Waals surface area contributed by atoms with Crippen LogP contribution in [0.5, 0.6) is 0 Å². The van der Waals surface area contributed by atoms with E-state index >= 15 is 0 Å². The molecule has 15 heavy (non-hydrogen) atoms. The van der Waals surface area contributed by atoms with E-state index in [0.717, 1.165) is 6.42 Å². The van der Waals surface area contributed by atoms with Crippen LogP contribution in [0.25, 0.3) is 0 Å². The maximum Gasteiger partial charge on any atom is 0.151 e. The Morgan fingerprint density at radius 2 is 1.87 bits per heavy atom. The van der Waals surface area contributed by atoms with Crippen LogP contribution in [-0.4, -0.2) is 22.9 Å². The van der Waals surface area contributed by atoms with Gasteiger partial charge in [0.05, 0.1) is 18.3 Å². The van der Waals surface area contributed by atoms with E-state index in [2.05, 4.69) is 19.9 Å². The van der Waals surface area contributed by atoms with E-state index in [0.29, 0.717) is 12.3 Å². The van der Waals surface area contributed by atoms with E-state index in [1.165, 1.54) is 0 Å². The monoisotopic (exact) mass is 213 g/mol. The third-order valence-corrected chi connectivity index (χ3v) is 2.56. The van der Waals surface area contributed by atoms with E-state index in [1.807, 2.05) is 0 Å². The Balaban J connectivity index is 4.26. The van der Waals surface area contributed by atoms with Crippen molar-refractivity contribution in [2.45, 2.75) is 65.3 Å². The molecule has 3 heteroatoms. The average Bonchev–Trinajstić information content (AvgIpc) is 2.14. The van der Waals surface area contributed by atoms with Gasteiger partial charge in [0, 0.05) is 0 Å². The van der Waals surface area contributed by atoms with Gasteiger partial charge in [0.25, 0.3) is 0 Å². The van der Waals surface area contributed by atoms with Crippen molar-refractivity contribution in [2.24, 2.45) is 5.92 Å². The summed E-state index contributed by atoms with van der Waals surface area (Å²) in [6.07, 6.45) is 0.813. The number of nitrogens with zero attached hydrogens (tertiary/aromatic N) is 1. The first kappa shape index (κ1) is 14.4. The summed E-state index contributed by atoms with van der Waals surface area (Å²) in [6.45, 7) is 9.49. The number of rotatable bonds is 6. The second-order valence-corrected chi connectivity index (χ2v) is 4.84. The molecule has 1 N–H and O–H groups in total. The molecule has 0 aliphatic carbocycles. The normalized spacial score (nSPS) is 19.3. The first-order valence-electron chi connectivity index (χ1n) is 5.58. The van der Waals surface area contributed by atoms with E-state index < -0.39 is 11.7 Å². The SMILES string of the molecule is CC(C)CCC(C)(C#N)OC(C)C(C)O. The van der Waals surface area contributed by atoms with E-state index in [-0.39, 0.29) is 6.10 Å². The van der Waals surface area contributed by atoms with Crippen molar-refractivity contribution < 1.29 is 9.84 Å². The van der Waals surface area contributed by atoms with Crippen LogP contribution in [0.3, 0.4) is 0 Å². The topological polar surface area (TPSA) is 53.2 Å². The summed E-state index contributed by atoms with van der Waals surface area (Å²) < 4.78 is 5.59. The minimum Gasteiger partial charge on any atom is -0.391 e. The molecular weight excluding hydrogens is 190 g/mol. The smallest absolute Gasteiger partial charge is 0.151 e. The second-order valence-electron chi connectivity index (χ2n) is 4.84. The average molecular weight is 213 g/mol. The van der Waals surface area contributed by atoms with Crippen molar-refractivity contribution in [3.63, 3.8) is 0 Å². The Labute approximate surface area is 93.1 Å². The molecule has 0 aromatic carbocycles.